The Morgan fingerprint density at radius 1 is 1.03 bits per heavy atom. The van der Waals surface area contributed by atoms with E-state index in [4.69, 9.17) is 9.97 Å². The maximum Gasteiger partial charge on any atom is 0.338 e. The summed E-state index contributed by atoms with van der Waals surface area (Å²) in [5.41, 5.74) is 6.29. The van der Waals surface area contributed by atoms with Gasteiger partial charge in [-0.05, 0) is 73.9 Å². The van der Waals surface area contributed by atoms with E-state index < -0.39 is 5.97 Å². The molecule has 5 rings (SSSR count). The van der Waals surface area contributed by atoms with Gasteiger partial charge < -0.3 is 10.0 Å². The third-order valence-electron chi connectivity index (χ3n) is 6.48. The lowest BCUT2D eigenvalue weighted by molar-refractivity contribution is 0.0697. The number of hydrogen-bond donors (Lipinski definition) is 1. The van der Waals surface area contributed by atoms with E-state index in [1.165, 1.54) is 39.3 Å². The summed E-state index contributed by atoms with van der Waals surface area (Å²) in [4.78, 5) is 23.1. The molecule has 0 bridgehead atoms. The van der Waals surface area contributed by atoms with Crippen LogP contribution in [-0.2, 0) is 12.8 Å². The molecular formula is C26H27N5O2. The first kappa shape index (κ1) is 21.1. The first-order chi connectivity index (χ1) is 16.0. The van der Waals surface area contributed by atoms with Crippen molar-refractivity contribution >= 4 is 22.7 Å². The van der Waals surface area contributed by atoms with Gasteiger partial charge in [0.15, 0.2) is 0 Å². The van der Waals surface area contributed by atoms with Crippen LogP contribution in [0, 0.1) is 13.8 Å². The Hall–Kier alpha value is -3.74. The van der Waals surface area contributed by atoms with Gasteiger partial charge in [0.05, 0.1) is 17.3 Å². The van der Waals surface area contributed by atoms with Crippen molar-refractivity contribution in [3.05, 3.63) is 76.6 Å². The second kappa shape index (κ2) is 8.65. The molecule has 1 fully saturated rings. The van der Waals surface area contributed by atoms with E-state index in [9.17, 15) is 9.90 Å². The van der Waals surface area contributed by atoms with Crippen molar-refractivity contribution in [1.29, 1.82) is 0 Å². The van der Waals surface area contributed by atoms with Crippen molar-refractivity contribution in [3.63, 3.8) is 0 Å². The van der Waals surface area contributed by atoms with Crippen LogP contribution >= 0.6 is 0 Å². The van der Waals surface area contributed by atoms with Gasteiger partial charge in [0.1, 0.15) is 5.82 Å². The molecule has 1 aliphatic rings. The number of anilines is 1. The molecule has 1 N–H and O–H groups in total. The molecule has 7 heteroatoms. The number of carboxylic acids is 1. The standard InChI is InChI=1S/C26H27N5O2/c1-17-6-5-7-18(2)21(17)10-8-19-9-11-23-22(14-19)24(30-12-3-4-13-30)29-26(28-23)31-16-20(15-27-31)25(32)33/h5-7,9,11,14-16H,3-4,8,10,12-13H2,1-2H3,(H,32,33). The van der Waals surface area contributed by atoms with Crippen molar-refractivity contribution in [3.8, 4) is 5.95 Å². The monoisotopic (exact) mass is 441 g/mol. The zero-order chi connectivity index (χ0) is 22.9. The van der Waals surface area contributed by atoms with Gasteiger partial charge >= 0.3 is 5.97 Å². The molecule has 4 aromatic rings. The fraction of sp³-hybridized carbons (Fsp3) is 0.308. The van der Waals surface area contributed by atoms with Crippen LogP contribution in [0.1, 0.15) is 45.5 Å². The zero-order valence-electron chi connectivity index (χ0n) is 19.0. The van der Waals surface area contributed by atoms with E-state index in [-0.39, 0.29) is 5.56 Å². The smallest absolute Gasteiger partial charge is 0.338 e. The van der Waals surface area contributed by atoms with Crippen LogP contribution in [0.4, 0.5) is 5.82 Å². The number of hydrogen-bond acceptors (Lipinski definition) is 5. The maximum absolute atomic E-state index is 11.3. The van der Waals surface area contributed by atoms with Crippen molar-refractivity contribution in [2.75, 3.05) is 18.0 Å². The number of carbonyl (C=O) groups is 1. The Balaban J connectivity index is 1.53. The molecule has 33 heavy (non-hydrogen) atoms. The Labute approximate surface area is 192 Å². The van der Waals surface area contributed by atoms with Crippen LogP contribution in [0.25, 0.3) is 16.9 Å². The molecular weight excluding hydrogens is 414 g/mol. The molecule has 0 aliphatic carbocycles. The van der Waals surface area contributed by atoms with Crippen LogP contribution in [0.5, 0.6) is 0 Å². The molecule has 0 amide bonds. The van der Waals surface area contributed by atoms with Crippen molar-refractivity contribution < 1.29 is 9.90 Å². The second-order valence-electron chi connectivity index (χ2n) is 8.74. The summed E-state index contributed by atoms with van der Waals surface area (Å²) in [5, 5.41) is 14.4. The Kier molecular flexibility index (Phi) is 5.54. The number of aromatic nitrogens is 4. The maximum atomic E-state index is 11.3. The molecule has 1 saturated heterocycles. The minimum absolute atomic E-state index is 0.114. The van der Waals surface area contributed by atoms with Gasteiger partial charge in [0, 0.05) is 24.7 Å². The van der Waals surface area contributed by atoms with Crippen LogP contribution in [0.15, 0.2) is 48.8 Å². The highest BCUT2D eigenvalue weighted by Crippen LogP contribution is 2.29. The highest BCUT2D eigenvalue weighted by Gasteiger charge is 2.20. The normalized spacial score (nSPS) is 13.7. The van der Waals surface area contributed by atoms with Crippen molar-refractivity contribution in [2.24, 2.45) is 0 Å². The molecule has 168 valence electrons. The van der Waals surface area contributed by atoms with Crippen molar-refractivity contribution in [1.82, 2.24) is 19.7 Å². The van der Waals surface area contributed by atoms with E-state index in [1.807, 2.05) is 6.07 Å². The molecule has 0 atom stereocenters. The topological polar surface area (TPSA) is 84.1 Å². The van der Waals surface area contributed by atoms with E-state index >= 15 is 0 Å². The lowest BCUT2D eigenvalue weighted by Crippen LogP contribution is -2.20. The zero-order valence-corrected chi connectivity index (χ0v) is 19.0. The number of aryl methyl sites for hydroxylation is 3. The number of rotatable bonds is 6. The number of benzene rings is 2. The first-order valence-corrected chi connectivity index (χ1v) is 11.4. The minimum Gasteiger partial charge on any atom is -0.478 e. The molecule has 2 aromatic carbocycles. The van der Waals surface area contributed by atoms with Gasteiger partial charge in [0.25, 0.3) is 5.95 Å². The van der Waals surface area contributed by atoms with Gasteiger partial charge in [-0.25, -0.2) is 14.5 Å². The first-order valence-electron chi connectivity index (χ1n) is 11.4. The quantitative estimate of drug-likeness (QED) is 0.474. The van der Waals surface area contributed by atoms with Crippen molar-refractivity contribution in [2.45, 2.75) is 39.5 Å². The summed E-state index contributed by atoms with van der Waals surface area (Å²) in [6, 6.07) is 12.9. The van der Waals surface area contributed by atoms with Gasteiger partial charge in [0.2, 0.25) is 0 Å². The van der Waals surface area contributed by atoms with E-state index in [1.54, 1.807) is 0 Å². The molecule has 0 saturated carbocycles. The van der Waals surface area contributed by atoms with Gasteiger partial charge in [-0.1, -0.05) is 24.3 Å². The lowest BCUT2D eigenvalue weighted by atomic mass is 9.96. The summed E-state index contributed by atoms with van der Waals surface area (Å²) < 4.78 is 1.44. The van der Waals surface area contributed by atoms with Crippen LogP contribution in [0.2, 0.25) is 0 Å². The molecule has 3 heterocycles. The highest BCUT2D eigenvalue weighted by molar-refractivity contribution is 5.91. The molecule has 0 unspecified atom stereocenters. The average Bonchev–Trinajstić information content (AvgIpc) is 3.51. The van der Waals surface area contributed by atoms with E-state index in [2.05, 4.69) is 54.2 Å². The third kappa shape index (κ3) is 4.18. The summed E-state index contributed by atoms with van der Waals surface area (Å²) in [5.74, 6) is 0.268. The van der Waals surface area contributed by atoms with E-state index in [0.29, 0.717) is 5.95 Å². The predicted molar refractivity (Wildman–Crippen MR) is 128 cm³/mol. The number of carboxylic acid groups (broad SMARTS) is 1. The van der Waals surface area contributed by atoms with Crippen LogP contribution in [-0.4, -0.2) is 43.9 Å². The van der Waals surface area contributed by atoms with Gasteiger partial charge in [-0.2, -0.15) is 10.1 Å². The summed E-state index contributed by atoms with van der Waals surface area (Å²) in [6.45, 7) is 6.26. The summed E-state index contributed by atoms with van der Waals surface area (Å²) in [6.07, 6.45) is 6.99. The fourth-order valence-corrected chi connectivity index (χ4v) is 4.63. The Morgan fingerprint density at radius 2 is 1.79 bits per heavy atom. The number of fused-ring (bicyclic) bond motifs is 1. The van der Waals surface area contributed by atoms with Crippen LogP contribution in [0.3, 0.4) is 0 Å². The molecule has 1 aliphatic heterocycles. The molecule has 7 nitrogen and oxygen atoms in total. The Morgan fingerprint density at radius 3 is 2.48 bits per heavy atom. The van der Waals surface area contributed by atoms with Gasteiger partial charge in [-0.15, -0.1) is 0 Å². The van der Waals surface area contributed by atoms with Crippen LogP contribution < -0.4 is 4.90 Å². The Bertz CT molecular complexity index is 1320. The number of nitrogens with zero attached hydrogens (tertiary/aromatic N) is 5. The highest BCUT2D eigenvalue weighted by atomic mass is 16.4. The lowest BCUT2D eigenvalue weighted by Gasteiger charge is -2.19. The second-order valence-corrected chi connectivity index (χ2v) is 8.74. The summed E-state index contributed by atoms with van der Waals surface area (Å²) >= 11 is 0. The SMILES string of the molecule is Cc1cccc(C)c1CCc1ccc2nc(-n3cc(C(=O)O)cn3)nc(N3CCCC3)c2c1. The predicted octanol–water partition coefficient (Wildman–Crippen LogP) is 4.52. The third-order valence-corrected chi connectivity index (χ3v) is 6.48. The minimum atomic E-state index is -1.02. The largest absolute Gasteiger partial charge is 0.478 e. The summed E-state index contributed by atoms with van der Waals surface area (Å²) in [7, 11) is 0. The molecule has 0 radical (unpaired) electrons. The molecule has 0 spiro atoms. The average molecular weight is 442 g/mol. The fourth-order valence-electron chi connectivity index (χ4n) is 4.63. The number of aromatic carboxylic acids is 1. The van der Waals surface area contributed by atoms with Gasteiger partial charge in [-0.3, -0.25) is 0 Å². The van der Waals surface area contributed by atoms with E-state index in [0.717, 1.165) is 55.5 Å². The molecule has 2 aromatic heterocycles.